The molecular weight excluding hydrogens is 308 g/mol. The Morgan fingerprint density at radius 1 is 1.04 bits per heavy atom. The summed E-state index contributed by atoms with van der Waals surface area (Å²) >= 11 is 1.46. The fourth-order valence-electron chi connectivity index (χ4n) is 2.28. The van der Waals surface area contributed by atoms with Crippen LogP contribution in [0.4, 0.5) is 5.13 Å². The van der Waals surface area contributed by atoms with E-state index in [1.54, 1.807) is 23.0 Å². The number of anilines is 1. The summed E-state index contributed by atoms with van der Waals surface area (Å²) in [6, 6.07) is 16.9. The molecule has 0 aliphatic carbocycles. The van der Waals surface area contributed by atoms with Crippen molar-refractivity contribution in [3.63, 3.8) is 0 Å². The highest BCUT2D eigenvalue weighted by Gasteiger charge is 2.10. The Labute approximate surface area is 136 Å². The Hall–Kier alpha value is -2.99. The third kappa shape index (κ3) is 2.72. The van der Waals surface area contributed by atoms with E-state index in [9.17, 15) is 4.79 Å². The third-order valence-electron chi connectivity index (χ3n) is 3.41. The standard InChI is InChI=1S/C17H12N4OS/c22-16(20-17-19-14-4-1-2-5-15(14)23-17)12-6-8-13(9-7-12)21-11-3-10-18-21/h1-11H,(H,19,20,22). The van der Waals surface area contributed by atoms with Gasteiger partial charge in [0.2, 0.25) is 0 Å². The third-order valence-corrected chi connectivity index (χ3v) is 4.36. The second-order valence-corrected chi connectivity index (χ2v) is 5.97. The van der Waals surface area contributed by atoms with Crippen LogP contribution >= 0.6 is 11.3 Å². The van der Waals surface area contributed by atoms with Crippen LogP contribution in [0.5, 0.6) is 0 Å². The molecule has 4 aromatic rings. The first kappa shape index (κ1) is 13.7. The number of hydrogen-bond donors (Lipinski definition) is 1. The molecule has 0 saturated carbocycles. The average Bonchev–Trinajstić information content (AvgIpc) is 3.24. The lowest BCUT2D eigenvalue weighted by Crippen LogP contribution is -2.11. The van der Waals surface area contributed by atoms with Gasteiger partial charge in [-0.25, -0.2) is 9.67 Å². The minimum Gasteiger partial charge on any atom is -0.298 e. The Kier molecular flexibility index (Phi) is 3.36. The Balaban J connectivity index is 1.54. The van der Waals surface area contributed by atoms with Gasteiger partial charge < -0.3 is 0 Å². The number of carbonyl (C=O) groups is 1. The number of nitrogens with one attached hydrogen (secondary N) is 1. The molecule has 0 radical (unpaired) electrons. The number of nitrogens with zero attached hydrogens (tertiary/aromatic N) is 3. The first-order valence-electron chi connectivity index (χ1n) is 7.06. The number of fused-ring (bicyclic) bond motifs is 1. The van der Waals surface area contributed by atoms with Gasteiger partial charge in [0.1, 0.15) is 0 Å². The lowest BCUT2D eigenvalue weighted by molar-refractivity contribution is 0.102. The summed E-state index contributed by atoms with van der Waals surface area (Å²) < 4.78 is 2.80. The predicted octanol–water partition coefficient (Wildman–Crippen LogP) is 3.73. The number of carbonyl (C=O) groups excluding carboxylic acids is 1. The zero-order chi connectivity index (χ0) is 15.6. The van der Waals surface area contributed by atoms with E-state index in [1.165, 1.54) is 11.3 Å². The van der Waals surface area contributed by atoms with Crippen LogP contribution in [0, 0.1) is 0 Å². The topological polar surface area (TPSA) is 59.8 Å². The van der Waals surface area contributed by atoms with E-state index in [1.807, 2.05) is 48.7 Å². The van der Waals surface area contributed by atoms with Crippen molar-refractivity contribution in [2.75, 3.05) is 5.32 Å². The molecule has 0 saturated heterocycles. The van der Waals surface area contributed by atoms with Crippen LogP contribution in [-0.4, -0.2) is 20.7 Å². The smallest absolute Gasteiger partial charge is 0.257 e. The van der Waals surface area contributed by atoms with Crippen molar-refractivity contribution in [2.45, 2.75) is 0 Å². The lowest BCUT2D eigenvalue weighted by atomic mass is 10.2. The van der Waals surface area contributed by atoms with Gasteiger partial charge in [-0.3, -0.25) is 10.1 Å². The van der Waals surface area contributed by atoms with E-state index in [0.29, 0.717) is 10.7 Å². The minimum absolute atomic E-state index is 0.170. The number of aromatic nitrogens is 3. The van der Waals surface area contributed by atoms with E-state index in [2.05, 4.69) is 15.4 Å². The van der Waals surface area contributed by atoms with Crippen LogP contribution in [0.1, 0.15) is 10.4 Å². The zero-order valence-electron chi connectivity index (χ0n) is 12.0. The Bertz CT molecular complexity index is 925. The van der Waals surface area contributed by atoms with Gasteiger partial charge in [0, 0.05) is 18.0 Å². The molecule has 0 spiro atoms. The second kappa shape index (κ2) is 5.66. The molecular formula is C17H12N4OS. The van der Waals surface area contributed by atoms with E-state index in [-0.39, 0.29) is 5.91 Å². The summed E-state index contributed by atoms with van der Waals surface area (Å²) in [5.74, 6) is -0.170. The molecule has 1 N–H and O–H groups in total. The summed E-state index contributed by atoms with van der Waals surface area (Å²) in [7, 11) is 0. The summed E-state index contributed by atoms with van der Waals surface area (Å²) in [5.41, 5.74) is 2.38. The monoisotopic (exact) mass is 320 g/mol. The predicted molar refractivity (Wildman–Crippen MR) is 91.1 cm³/mol. The van der Waals surface area contributed by atoms with Crippen molar-refractivity contribution in [1.29, 1.82) is 0 Å². The molecule has 1 amide bonds. The molecule has 0 bridgehead atoms. The molecule has 4 rings (SSSR count). The SMILES string of the molecule is O=C(Nc1nc2ccccc2s1)c1ccc(-n2cccn2)cc1. The number of hydrogen-bond acceptors (Lipinski definition) is 4. The number of benzene rings is 2. The van der Waals surface area contributed by atoms with Gasteiger partial charge in [-0.2, -0.15) is 5.10 Å². The fraction of sp³-hybridized carbons (Fsp3) is 0. The highest BCUT2D eigenvalue weighted by atomic mass is 32.1. The van der Waals surface area contributed by atoms with Crippen molar-refractivity contribution in [3.8, 4) is 5.69 Å². The molecule has 2 heterocycles. The highest BCUT2D eigenvalue weighted by Crippen LogP contribution is 2.25. The highest BCUT2D eigenvalue weighted by molar-refractivity contribution is 7.22. The van der Waals surface area contributed by atoms with Crippen LogP contribution in [0.2, 0.25) is 0 Å². The number of rotatable bonds is 3. The second-order valence-electron chi connectivity index (χ2n) is 4.94. The maximum absolute atomic E-state index is 12.3. The van der Waals surface area contributed by atoms with Crippen LogP contribution in [0.15, 0.2) is 67.0 Å². The van der Waals surface area contributed by atoms with Gasteiger partial charge >= 0.3 is 0 Å². The Morgan fingerprint density at radius 3 is 2.61 bits per heavy atom. The van der Waals surface area contributed by atoms with Gasteiger partial charge in [0.15, 0.2) is 5.13 Å². The van der Waals surface area contributed by atoms with Gasteiger partial charge in [-0.15, -0.1) is 0 Å². The molecule has 5 nitrogen and oxygen atoms in total. The van der Waals surface area contributed by atoms with E-state index in [0.717, 1.165) is 15.9 Å². The fourth-order valence-corrected chi connectivity index (χ4v) is 3.14. The van der Waals surface area contributed by atoms with Crippen LogP contribution in [0.3, 0.4) is 0 Å². The van der Waals surface area contributed by atoms with Crippen LogP contribution in [0.25, 0.3) is 15.9 Å². The van der Waals surface area contributed by atoms with Crippen molar-refractivity contribution < 1.29 is 4.79 Å². The van der Waals surface area contributed by atoms with Crippen molar-refractivity contribution >= 4 is 32.6 Å². The molecule has 0 aliphatic rings. The zero-order valence-corrected chi connectivity index (χ0v) is 12.8. The maximum Gasteiger partial charge on any atom is 0.257 e. The van der Waals surface area contributed by atoms with Crippen molar-refractivity contribution in [2.24, 2.45) is 0 Å². The summed E-state index contributed by atoms with van der Waals surface area (Å²) in [4.78, 5) is 16.7. The number of para-hydroxylation sites is 1. The number of thiazole rings is 1. The lowest BCUT2D eigenvalue weighted by Gasteiger charge is -2.04. The van der Waals surface area contributed by atoms with Gasteiger partial charge in [0.05, 0.1) is 15.9 Å². The molecule has 0 atom stereocenters. The van der Waals surface area contributed by atoms with Crippen molar-refractivity contribution in [1.82, 2.24) is 14.8 Å². The van der Waals surface area contributed by atoms with Crippen molar-refractivity contribution in [3.05, 3.63) is 72.6 Å². The molecule has 23 heavy (non-hydrogen) atoms. The first-order valence-corrected chi connectivity index (χ1v) is 7.88. The van der Waals surface area contributed by atoms with Crippen LogP contribution in [-0.2, 0) is 0 Å². The number of amides is 1. The van der Waals surface area contributed by atoms with Gasteiger partial charge in [-0.1, -0.05) is 23.5 Å². The minimum atomic E-state index is -0.170. The molecule has 2 aromatic carbocycles. The largest absolute Gasteiger partial charge is 0.298 e. The molecule has 6 heteroatoms. The molecule has 0 unspecified atom stereocenters. The molecule has 0 fully saturated rings. The first-order chi connectivity index (χ1) is 11.3. The van der Waals surface area contributed by atoms with E-state index < -0.39 is 0 Å². The molecule has 2 aromatic heterocycles. The van der Waals surface area contributed by atoms with Crippen LogP contribution < -0.4 is 5.32 Å². The quantitative estimate of drug-likeness (QED) is 0.625. The summed E-state index contributed by atoms with van der Waals surface area (Å²) in [6.45, 7) is 0. The van der Waals surface area contributed by atoms with Gasteiger partial charge in [0.25, 0.3) is 5.91 Å². The molecule has 112 valence electrons. The average molecular weight is 320 g/mol. The summed E-state index contributed by atoms with van der Waals surface area (Å²) in [5, 5.41) is 7.61. The Morgan fingerprint density at radius 2 is 1.87 bits per heavy atom. The van der Waals surface area contributed by atoms with E-state index in [4.69, 9.17) is 0 Å². The van der Waals surface area contributed by atoms with E-state index >= 15 is 0 Å². The molecule has 0 aliphatic heterocycles. The maximum atomic E-state index is 12.3. The summed E-state index contributed by atoms with van der Waals surface area (Å²) in [6.07, 6.45) is 3.57. The van der Waals surface area contributed by atoms with Gasteiger partial charge in [-0.05, 0) is 42.5 Å². The normalized spacial score (nSPS) is 10.8.